The first-order chi connectivity index (χ1) is 12.1. The van der Waals surface area contributed by atoms with Gasteiger partial charge < -0.3 is 5.32 Å². The van der Waals surface area contributed by atoms with Crippen molar-refractivity contribution >= 4 is 48.8 Å². The zero-order valence-electron chi connectivity index (χ0n) is 13.1. The highest BCUT2D eigenvalue weighted by Gasteiger charge is 2.11. The minimum absolute atomic E-state index is 0.0570. The second-order valence-corrected chi connectivity index (χ2v) is 7.35. The van der Waals surface area contributed by atoms with Crippen molar-refractivity contribution in [3.63, 3.8) is 0 Å². The summed E-state index contributed by atoms with van der Waals surface area (Å²) in [5, 5.41) is 17.5. The van der Waals surface area contributed by atoms with Crippen LogP contribution >= 0.6 is 22.7 Å². The van der Waals surface area contributed by atoms with E-state index in [9.17, 15) is 10.1 Å². The molecule has 0 unspecified atom stereocenters. The van der Waals surface area contributed by atoms with Crippen molar-refractivity contribution in [3.8, 4) is 11.3 Å². The van der Waals surface area contributed by atoms with Crippen molar-refractivity contribution in [3.05, 3.63) is 63.5 Å². The first kappa shape index (κ1) is 15.7. The SMILES string of the molecule is Cc1ccc2nc(Nc3nc(-c4cccc([N+](=O)[O-])c4)cs3)sc2c1. The number of anilines is 2. The molecule has 0 fully saturated rings. The fraction of sp³-hybridized carbons (Fsp3) is 0.0588. The van der Waals surface area contributed by atoms with Crippen LogP contribution in [0.15, 0.2) is 47.8 Å². The minimum Gasteiger partial charge on any atom is -0.307 e. The summed E-state index contributed by atoms with van der Waals surface area (Å²) < 4.78 is 1.12. The Bertz CT molecular complexity index is 1090. The molecule has 2 aromatic carbocycles. The van der Waals surface area contributed by atoms with Crippen LogP contribution in [-0.4, -0.2) is 14.9 Å². The molecule has 0 aliphatic heterocycles. The smallest absolute Gasteiger partial charge is 0.270 e. The lowest BCUT2D eigenvalue weighted by Crippen LogP contribution is -1.90. The van der Waals surface area contributed by atoms with E-state index in [0.29, 0.717) is 10.8 Å². The standard InChI is InChI=1S/C17H12N4O2S2/c1-10-5-6-13-15(7-10)25-17(18-13)20-16-19-14(9-24-16)11-3-2-4-12(8-11)21(22)23/h2-9H,1H3,(H,18,19,20). The number of thiazole rings is 2. The molecule has 4 rings (SSSR count). The molecule has 0 amide bonds. The number of nitro groups is 1. The molecule has 0 saturated heterocycles. The number of nitrogens with zero attached hydrogens (tertiary/aromatic N) is 3. The Morgan fingerprint density at radius 1 is 1.12 bits per heavy atom. The maximum atomic E-state index is 10.9. The van der Waals surface area contributed by atoms with Crippen molar-refractivity contribution in [2.45, 2.75) is 6.92 Å². The Morgan fingerprint density at radius 3 is 2.84 bits per heavy atom. The van der Waals surface area contributed by atoms with Gasteiger partial charge in [0.1, 0.15) is 0 Å². The summed E-state index contributed by atoms with van der Waals surface area (Å²) in [4.78, 5) is 19.6. The molecule has 2 heterocycles. The predicted octanol–water partition coefficient (Wildman–Crippen LogP) is 5.38. The van der Waals surface area contributed by atoms with Crippen LogP contribution in [0.1, 0.15) is 5.56 Å². The van der Waals surface area contributed by atoms with Gasteiger partial charge in [0.05, 0.1) is 20.8 Å². The van der Waals surface area contributed by atoms with Gasteiger partial charge in [0.2, 0.25) is 0 Å². The van der Waals surface area contributed by atoms with Crippen molar-refractivity contribution < 1.29 is 4.92 Å². The average Bonchev–Trinajstić information content (AvgIpc) is 3.21. The van der Waals surface area contributed by atoms with Gasteiger partial charge in [0.25, 0.3) is 5.69 Å². The number of nitro benzene ring substituents is 1. The number of hydrogen-bond donors (Lipinski definition) is 1. The maximum Gasteiger partial charge on any atom is 0.270 e. The Labute approximate surface area is 151 Å². The number of fused-ring (bicyclic) bond motifs is 1. The Balaban J connectivity index is 1.60. The lowest BCUT2D eigenvalue weighted by atomic mass is 10.1. The minimum atomic E-state index is -0.405. The van der Waals surface area contributed by atoms with Crippen molar-refractivity contribution in [1.29, 1.82) is 0 Å². The van der Waals surface area contributed by atoms with Crippen LogP contribution in [0.3, 0.4) is 0 Å². The molecule has 0 bridgehead atoms. The van der Waals surface area contributed by atoms with Crippen LogP contribution < -0.4 is 5.32 Å². The van der Waals surface area contributed by atoms with Gasteiger partial charge in [-0.25, -0.2) is 9.97 Å². The quantitative estimate of drug-likeness (QED) is 0.386. The topological polar surface area (TPSA) is 81.0 Å². The third-order valence-electron chi connectivity index (χ3n) is 3.61. The highest BCUT2D eigenvalue weighted by Crippen LogP contribution is 2.32. The lowest BCUT2D eigenvalue weighted by molar-refractivity contribution is -0.384. The molecular formula is C17H12N4O2S2. The van der Waals surface area contributed by atoms with E-state index in [2.05, 4.69) is 28.3 Å². The zero-order valence-corrected chi connectivity index (χ0v) is 14.7. The number of nitrogens with one attached hydrogen (secondary N) is 1. The van der Waals surface area contributed by atoms with Gasteiger partial charge in [-0.3, -0.25) is 10.1 Å². The Kier molecular flexibility index (Phi) is 3.90. The average molecular weight is 368 g/mol. The van der Waals surface area contributed by atoms with E-state index in [1.54, 1.807) is 17.4 Å². The molecule has 6 nitrogen and oxygen atoms in total. The normalized spacial score (nSPS) is 10.9. The number of non-ortho nitro benzene ring substituents is 1. The molecule has 124 valence electrons. The van der Waals surface area contributed by atoms with E-state index in [4.69, 9.17) is 0 Å². The second kappa shape index (κ2) is 6.23. The molecule has 0 spiro atoms. The molecule has 0 radical (unpaired) electrons. The molecule has 0 aliphatic carbocycles. The van der Waals surface area contributed by atoms with Crippen LogP contribution in [0.25, 0.3) is 21.5 Å². The monoisotopic (exact) mass is 368 g/mol. The molecule has 1 N–H and O–H groups in total. The molecule has 0 saturated carbocycles. The lowest BCUT2D eigenvalue weighted by Gasteiger charge is -1.97. The van der Waals surface area contributed by atoms with Gasteiger partial charge in [0.15, 0.2) is 10.3 Å². The van der Waals surface area contributed by atoms with E-state index in [0.717, 1.165) is 20.9 Å². The van der Waals surface area contributed by atoms with Crippen LogP contribution in [0.5, 0.6) is 0 Å². The van der Waals surface area contributed by atoms with E-state index in [-0.39, 0.29) is 5.69 Å². The van der Waals surface area contributed by atoms with E-state index < -0.39 is 4.92 Å². The molecule has 0 atom stereocenters. The molecular weight excluding hydrogens is 356 g/mol. The molecule has 2 aromatic heterocycles. The molecule has 4 aromatic rings. The summed E-state index contributed by atoms with van der Waals surface area (Å²) in [7, 11) is 0. The number of aromatic nitrogens is 2. The Morgan fingerprint density at radius 2 is 2.00 bits per heavy atom. The maximum absolute atomic E-state index is 10.9. The van der Waals surface area contributed by atoms with Crippen molar-refractivity contribution in [2.24, 2.45) is 0 Å². The molecule has 25 heavy (non-hydrogen) atoms. The number of benzene rings is 2. The summed E-state index contributed by atoms with van der Waals surface area (Å²) in [6, 6.07) is 12.6. The number of hydrogen-bond acceptors (Lipinski definition) is 7. The third-order valence-corrected chi connectivity index (χ3v) is 5.31. The van der Waals surface area contributed by atoms with Gasteiger partial charge in [0, 0.05) is 23.1 Å². The van der Waals surface area contributed by atoms with Gasteiger partial charge in [-0.05, 0) is 24.6 Å². The predicted molar refractivity (Wildman–Crippen MR) is 102 cm³/mol. The van der Waals surface area contributed by atoms with Crippen molar-refractivity contribution in [2.75, 3.05) is 5.32 Å². The molecule has 8 heteroatoms. The van der Waals surface area contributed by atoms with E-state index >= 15 is 0 Å². The van der Waals surface area contributed by atoms with E-state index in [1.165, 1.54) is 29.0 Å². The highest BCUT2D eigenvalue weighted by molar-refractivity contribution is 7.22. The van der Waals surface area contributed by atoms with Crippen molar-refractivity contribution in [1.82, 2.24) is 9.97 Å². The van der Waals surface area contributed by atoms with Crippen LogP contribution in [0.4, 0.5) is 16.0 Å². The Hall–Kier alpha value is -2.84. The summed E-state index contributed by atoms with van der Waals surface area (Å²) in [5.41, 5.74) is 3.63. The summed E-state index contributed by atoms with van der Waals surface area (Å²) in [6.45, 7) is 2.05. The van der Waals surface area contributed by atoms with Gasteiger partial charge in [-0.1, -0.05) is 29.5 Å². The van der Waals surface area contributed by atoms with Crippen LogP contribution in [0, 0.1) is 17.0 Å². The van der Waals surface area contributed by atoms with Gasteiger partial charge in [-0.2, -0.15) is 0 Å². The van der Waals surface area contributed by atoms with Gasteiger partial charge in [-0.15, -0.1) is 11.3 Å². The number of aryl methyl sites for hydroxylation is 1. The summed E-state index contributed by atoms with van der Waals surface area (Å²) in [6.07, 6.45) is 0. The van der Waals surface area contributed by atoms with E-state index in [1.807, 2.05) is 23.6 Å². The first-order valence-electron chi connectivity index (χ1n) is 7.43. The third kappa shape index (κ3) is 3.21. The van der Waals surface area contributed by atoms with Crippen LogP contribution in [-0.2, 0) is 0 Å². The fourth-order valence-corrected chi connectivity index (χ4v) is 4.17. The fourth-order valence-electron chi connectivity index (χ4n) is 2.42. The highest BCUT2D eigenvalue weighted by atomic mass is 32.1. The first-order valence-corrected chi connectivity index (χ1v) is 9.13. The number of rotatable bonds is 4. The summed E-state index contributed by atoms with van der Waals surface area (Å²) >= 11 is 3.01. The summed E-state index contributed by atoms with van der Waals surface area (Å²) in [5.74, 6) is 0. The van der Waals surface area contributed by atoms with Gasteiger partial charge >= 0.3 is 0 Å². The second-order valence-electron chi connectivity index (χ2n) is 5.46. The zero-order chi connectivity index (χ0) is 17.4. The van der Waals surface area contributed by atoms with Crippen LogP contribution in [0.2, 0.25) is 0 Å². The largest absolute Gasteiger partial charge is 0.307 e. The molecule has 0 aliphatic rings.